The lowest BCUT2D eigenvalue weighted by atomic mass is 10.0. The van der Waals surface area contributed by atoms with E-state index in [0.717, 1.165) is 16.2 Å². The van der Waals surface area contributed by atoms with Crippen molar-refractivity contribution in [1.29, 1.82) is 0 Å². The van der Waals surface area contributed by atoms with Gasteiger partial charge in [0, 0.05) is 12.0 Å². The molecule has 0 unspecified atom stereocenters. The molecule has 4 rings (SSSR count). The summed E-state index contributed by atoms with van der Waals surface area (Å²) in [5, 5.41) is 3.24. The first-order chi connectivity index (χ1) is 13.0. The fourth-order valence-electron chi connectivity index (χ4n) is 3.30. The van der Waals surface area contributed by atoms with Crippen LogP contribution in [-0.2, 0) is 4.79 Å². The Hall–Kier alpha value is -2.57. The highest BCUT2D eigenvalue weighted by atomic mass is 35.5. The van der Waals surface area contributed by atoms with Crippen molar-refractivity contribution in [3.8, 4) is 5.75 Å². The molecular weight excluding hydrogens is 391 g/mol. The van der Waals surface area contributed by atoms with Crippen LogP contribution in [-0.4, -0.2) is 35.8 Å². The van der Waals surface area contributed by atoms with Crippen molar-refractivity contribution in [3.63, 3.8) is 0 Å². The number of benzene rings is 2. The minimum absolute atomic E-state index is 0.151. The largest absolute Gasteiger partial charge is 0.493 e. The summed E-state index contributed by atoms with van der Waals surface area (Å²) in [5.74, 6) is -0.824. The van der Waals surface area contributed by atoms with Crippen LogP contribution in [0.1, 0.15) is 38.7 Å². The standard InChI is InChI=1S/C19H14Cl2N2O4/c20-13-7-11-12(8-14(13)21)19(26)23(18(11)25)9-17(24)22-15-5-6-27-16-4-2-1-3-10(15)16/h1-4,7-8,15H,5-6,9H2,(H,22,24)/t15-/m1/s1. The Bertz CT molecular complexity index is 935. The summed E-state index contributed by atoms with van der Waals surface area (Å²) in [5.41, 5.74) is 1.18. The maximum absolute atomic E-state index is 12.5. The molecule has 0 spiro atoms. The zero-order valence-electron chi connectivity index (χ0n) is 14.0. The summed E-state index contributed by atoms with van der Waals surface area (Å²) >= 11 is 11.9. The Kier molecular flexibility index (Phi) is 4.53. The highest BCUT2D eigenvalue weighted by Gasteiger charge is 2.38. The molecule has 8 heteroatoms. The van der Waals surface area contributed by atoms with E-state index in [0.29, 0.717) is 13.0 Å². The van der Waals surface area contributed by atoms with Crippen LogP contribution in [0, 0.1) is 0 Å². The van der Waals surface area contributed by atoms with Gasteiger partial charge in [0.1, 0.15) is 12.3 Å². The number of nitrogens with zero attached hydrogens (tertiary/aromatic N) is 1. The minimum atomic E-state index is -0.559. The SMILES string of the molecule is O=C(CN1C(=O)c2cc(Cl)c(Cl)cc2C1=O)N[C@@H]1CCOc2ccccc21. The van der Waals surface area contributed by atoms with Gasteiger partial charge in [0.05, 0.1) is 33.8 Å². The average Bonchev–Trinajstić information content (AvgIpc) is 2.87. The Morgan fingerprint density at radius 2 is 1.74 bits per heavy atom. The lowest BCUT2D eigenvalue weighted by Crippen LogP contribution is -2.42. The topological polar surface area (TPSA) is 75.7 Å². The molecule has 138 valence electrons. The molecule has 0 saturated carbocycles. The Morgan fingerprint density at radius 3 is 2.41 bits per heavy atom. The number of rotatable bonds is 3. The molecule has 0 aromatic heterocycles. The quantitative estimate of drug-likeness (QED) is 0.796. The number of carbonyl (C=O) groups excluding carboxylic acids is 3. The van der Waals surface area contributed by atoms with Gasteiger partial charge >= 0.3 is 0 Å². The van der Waals surface area contributed by atoms with Gasteiger partial charge in [0.15, 0.2) is 0 Å². The maximum atomic E-state index is 12.5. The first-order valence-corrected chi connectivity index (χ1v) is 9.07. The van der Waals surface area contributed by atoms with Gasteiger partial charge in [-0.3, -0.25) is 19.3 Å². The molecule has 2 aromatic rings. The van der Waals surface area contributed by atoms with Crippen LogP contribution >= 0.6 is 23.2 Å². The lowest BCUT2D eigenvalue weighted by Gasteiger charge is -2.27. The fraction of sp³-hybridized carbons (Fsp3) is 0.211. The minimum Gasteiger partial charge on any atom is -0.493 e. The Morgan fingerprint density at radius 1 is 1.11 bits per heavy atom. The maximum Gasteiger partial charge on any atom is 0.262 e. The second-order valence-electron chi connectivity index (χ2n) is 6.30. The normalized spacial score (nSPS) is 18.0. The molecule has 1 atom stereocenters. The third-order valence-electron chi connectivity index (χ3n) is 4.61. The average molecular weight is 405 g/mol. The van der Waals surface area contributed by atoms with Crippen LogP contribution in [0.2, 0.25) is 10.0 Å². The number of nitrogens with one attached hydrogen (secondary N) is 1. The van der Waals surface area contributed by atoms with E-state index < -0.39 is 17.7 Å². The summed E-state index contributed by atoms with van der Waals surface area (Å²) < 4.78 is 5.57. The smallest absolute Gasteiger partial charge is 0.262 e. The van der Waals surface area contributed by atoms with E-state index in [1.165, 1.54) is 12.1 Å². The zero-order chi connectivity index (χ0) is 19.1. The van der Waals surface area contributed by atoms with Crippen molar-refractivity contribution in [2.45, 2.75) is 12.5 Å². The third-order valence-corrected chi connectivity index (χ3v) is 5.33. The molecule has 2 aliphatic rings. The van der Waals surface area contributed by atoms with Crippen molar-refractivity contribution in [2.75, 3.05) is 13.2 Å². The van der Waals surface area contributed by atoms with Crippen molar-refractivity contribution in [2.24, 2.45) is 0 Å². The number of amides is 3. The van der Waals surface area contributed by atoms with Gasteiger partial charge in [-0.2, -0.15) is 0 Å². The van der Waals surface area contributed by atoms with Crippen LogP contribution < -0.4 is 10.1 Å². The first kappa shape index (κ1) is 17.8. The number of carbonyl (C=O) groups is 3. The van der Waals surface area contributed by atoms with Crippen molar-refractivity contribution >= 4 is 40.9 Å². The number of halogens is 2. The molecular formula is C19H14Cl2N2O4. The van der Waals surface area contributed by atoms with E-state index in [1.807, 2.05) is 24.3 Å². The number of hydrogen-bond donors (Lipinski definition) is 1. The summed E-state index contributed by atoms with van der Waals surface area (Å²) in [7, 11) is 0. The summed E-state index contributed by atoms with van der Waals surface area (Å²) in [4.78, 5) is 38.4. The van der Waals surface area contributed by atoms with Gasteiger partial charge in [-0.05, 0) is 18.2 Å². The van der Waals surface area contributed by atoms with Crippen LogP contribution in [0.5, 0.6) is 5.75 Å². The molecule has 0 radical (unpaired) electrons. The first-order valence-electron chi connectivity index (χ1n) is 8.32. The number of ether oxygens (including phenoxy) is 1. The predicted molar refractivity (Wildman–Crippen MR) is 99.3 cm³/mol. The van der Waals surface area contributed by atoms with E-state index in [4.69, 9.17) is 27.9 Å². The monoisotopic (exact) mass is 404 g/mol. The molecule has 1 N–H and O–H groups in total. The fourth-order valence-corrected chi connectivity index (χ4v) is 3.63. The summed E-state index contributed by atoms with van der Waals surface area (Å²) in [6, 6.07) is 9.92. The molecule has 27 heavy (non-hydrogen) atoms. The molecule has 3 amide bonds. The number of para-hydroxylation sites is 1. The van der Waals surface area contributed by atoms with E-state index in [2.05, 4.69) is 5.32 Å². The Labute approximate surface area is 165 Å². The molecule has 0 aliphatic carbocycles. The van der Waals surface area contributed by atoms with Gasteiger partial charge in [0.25, 0.3) is 11.8 Å². The van der Waals surface area contributed by atoms with Crippen LogP contribution in [0.15, 0.2) is 36.4 Å². The van der Waals surface area contributed by atoms with Crippen molar-refractivity contribution in [1.82, 2.24) is 10.2 Å². The molecule has 0 saturated heterocycles. The summed E-state index contributed by atoms with van der Waals surface area (Å²) in [6.07, 6.45) is 0.607. The van der Waals surface area contributed by atoms with Gasteiger partial charge in [-0.25, -0.2) is 0 Å². The van der Waals surface area contributed by atoms with E-state index in [-0.39, 0.29) is 33.8 Å². The van der Waals surface area contributed by atoms with Gasteiger partial charge in [0.2, 0.25) is 5.91 Å². The molecule has 2 aliphatic heterocycles. The third kappa shape index (κ3) is 3.15. The second kappa shape index (κ2) is 6.87. The molecule has 2 aromatic carbocycles. The van der Waals surface area contributed by atoms with E-state index in [9.17, 15) is 14.4 Å². The van der Waals surface area contributed by atoms with E-state index >= 15 is 0 Å². The van der Waals surface area contributed by atoms with Crippen molar-refractivity contribution in [3.05, 3.63) is 63.1 Å². The highest BCUT2D eigenvalue weighted by molar-refractivity contribution is 6.43. The summed E-state index contributed by atoms with van der Waals surface area (Å²) in [6.45, 7) is 0.104. The predicted octanol–water partition coefficient (Wildman–Crippen LogP) is 3.23. The van der Waals surface area contributed by atoms with Crippen LogP contribution in [0.25, 0.3) is 0 Å². The van der Waals surface area contributed by atoms with Crippen LogP contribution in [0.4, 0.5) is 0 Å². The molecule has 0 fully saturated rings. The van der Waals surface area contributed by atoms with Gasteiger partial charge < -0.3 is 10.1 Å². The molecule has 2 heterocycles. The van der Waals surface area contributed by atoms with Gasteiger partial charge in [-0.1, -0.05) is 41.4 Å². The van der Waals surface area contributed by atoms with Crippen LogP contribution in [0.3, 0.4) is 0 Å². The number of imide groups is 1. The lowest BCUT2D eigenvalue weighted by molar-refractivity contribution is -0.122. The second-order valence-corrected chi connectivity index (χ2v) is 7.12. The number of hydrogen-bond acceptors (Lipinski definition) is 4. The molecule has 6 nitrogen and oxygen atoms in total. The van der Waals surface area contributed by atoms with E-state index in [1.54, 1.807) is 0 Å². The molecule has 0 bridgehead atoms. The number of fused-ring (bicyclic) bond motifs is 2. The zero-order valence-corrected chi connectivity index (χ0v) is 15.5. The van der Waals surface area contributed by atoms with Gasteiger partial charge in [-0.15, -0.1) is 0 Å². The Balaban J connectivity index is 1.50. The van der Waals surface area contributed by atoms with Crippen molar-refractivity contribution < 1.29 is 19.1 Å². The highest BCUT2D eigenvalue weighted by Crippen LogP contribution is 2.33.